The number of benzene rings is 5. The van der Waals surface area contributed by atoms with Crippen LogP contribution in [0.4, 0.5) is 0 Å². The third-order valence-electron chi connectivity index (χ3n) is 7.83. The average Bonchev–Trinajstić information content (AvgIpc) is 2.97. The Morgan fingerprint density at radius 3 is 2.41 bits per heavy atom. The van der Waals surface area contributed by atoms with Crippen LogP contribution in [0.2, 0.25) is 0 Å². The van der Waals surface area contributed by atoms with Gasteiger partial charge in [-0.1, -0.05) is 85.0 Å². The first-order valence-corrected chi connectivity index (χ1v) is 12.8. The minimum Gasteiger partial charge on any atom is -0.456 e. The van der Waals surface area contributed by atoms with E-state index in [1.165, 1.54) is 49.5 Å². The van der Waals surface area contributed by atoms with Crippen molar-refractivity contribution in [2.75, 3.05) is 0 Å². The normalized spacial score (nSPS) is 13.8. The number of hydrogen-bond acceptors (Lipinski definition) is 2. The van der Waals surface area contributed by atoms with Gasteiger partial charge < -0.3 is 4.74 Å². The van der Waals surface area contributed by atoms with Crippen LogP contribution in [-0.2, 0) is 6.42 Å². The SMILES string of the molecule is C1=Cc2ccc3c(-c4c5ccccc5c(Oc5ccccc5)c5ccncc45)ccc4c3c2C(=CC4)C1. The van der Waals surface area contributed by atoms with Crippen molar-refractivity contribution < 1.29 is 4.74 Å². The van der Waals surface area contributed by atoms with E-state index < -0.39 is 0 Å². The first kappa shape index (κ1) is 20.5. The molecule has 0 unspecified atom stereocenters. The van der Waals surface area contributed by atoms with Gasteiger partial charge in [0, 0.05) is 28.6 Å². The average molecular weight is 474 g/mol. The first-order valence-electron chi connectivity index (χ1n) is 12.8. The number of nitrogens with zero attached hydrogens (tertiary/aromatic N) is 1. The standard InChI is InChI=1S/C35H23NO/c1-2-9-25(10-3-1)37-35-29-12-5-4-11-26(29)34(31-21-36-20-19-30(31)35)28-18-16-24-14-13-22-7-6-8-23-15-17-27(28)33(24)32(22)23/h1-6,8-13,15-21H,7,14H2. The van der Waals surface area contributed by atoms with Gasteiger partial charge in [0.25, 0.3) is 0 Å². The Bertz CT molecular complexity index is 1890. The third kappa shape index (κ3) is 3.02. The molecule has 6 aromatic rings. The number of para-hydroxylation sites is 1. The molecular weight excluding hydrogens is 450 g/mol. The molecular formula is C35H23NO. The number of fused-ring (bicyclic) bond motifs is 2. The molecule has 2 heteroatoms. The molecule has 5 aromatic carbocycles. The monoisotopic (exact) mass is 473 g/mol. The molecule has 2 aliphatic rings. The Balaban J connectivity index is 1.49. The number of rotatable bonds is 3. The fraction of sp³-hybridized carbons (Fsp3) is 0.0571. The molecule has 0 fully saturated rings. The fourth-order valence-electron chi connectivity index (χ4n) is 6.23. The summed E-state index contributed by atoms with van der Waals surface area (Å²) in [6.45, 7) is 0. The fourth-order valence-corrected chi connectivity index (χ4v) is 6.23. The Hall–Kier alpha value is -4.69. The molecule has 0 saturated heterocycles. The number of aromatic nitrogens is 1. The van der Waals surface area contributed by atoms with Crippen LogP contribution in [0.5, 0.6) is 11.5 Å². The van der Waals surface area contributed by atoms with Crippen LogP contribution >= 0.6 is 0 Å². The molecule has 0 bridgehead atoms. The van der Waals surface area contributed by atoms with Crippen molar-refractivity contribution in [2.24, 2.45) is 0 Å². The molecule has 0 N–H and O–H groups in total. The molecule has 8 rings (SSSR count). The Morgan fingerprint density at radius 1 is 0.649 bits per heavy atom. The molecule has 0 aliphatic heterocycles. The number of allylic oxidation sites excluding steroid dienone is 3. The van der Waals surface area contributed by atoms with Gasteiger partial charge >= 0.3 is 0 Å². The third-order valence-corrected chi connectivity index (χ3v) is 7.83. The molecule has 0 spiro atoms. The summed E-state index contributed by atoms with van der Waals surface area (Å²) in [5.74, 6) is 1.70. The molecule has 0 saturated carbocycles. The smallest absolute Gasteiger partial charge is 0.143 e. The van der Waals surface area contributed by atoms with Gasteiger partial charge in [-0.05, 0) is 80.6 Å². The van der Waals surface area contributed by atoms with E-state index in [9.17, 15) is 0 Å². The summed E-state index contributed by atoms with van der Waals surface area (Å²) >= 11 is 0. The predicted molar refractivity (Wildman–Crippen MR) is 154 cm³/mol. The Labute approximate surface area is 215 Å². The highest BCUT2D eigenvalue weighted by Gasteiger charge is 2.23. The molecule has 0 radical (unpaired) electrons. The molecule has 37 heavy (non-hydrogen) atoms. The van der Waals surface area contributed by atoms with E-state index in [4.69, 9.17) is 4.74 Å². The van der Waals surface area contributed by atoms with E-state index in [1.807, 2.05) is 42.7 Å². The van der Waals surface area contributed by atoms with Crippen molar-refractivity contribution in [1.29, 1.82) is 0 Å². The maximum absolute atomic E-state index is 6.56. The minimum atomic E-state index is 0.828. The van der Waals surface area contributed by atoms with Crippen molar-refractivity contribution in [3.63, 3.8) is 0 Å². The first-order chi connectivity index (χ1) is 18.4. The van der Waals surface area contributed by atoms with Crippen molar-refractivity contribution in [1.82, 2.24) is 4.98 Å². The van der Waals surface area contributed by atoms with Crippen molar-refractivity contribution >= 4 is 44.0 Å². The van der Waals surface area contributed by atoms with Gasteiger partial charge in [0.2, 0.25) is 0 Å². The van der Waals surface area contributed by atoms with E-state index >= 15 is 0 Å². The second-order valence-electron chi connectivity index (χ2n) is 9.85. The van der Waals surface area contributed by atoms with Gasteiger partial charge in [-0.25, -0.2) is 0 Å². The molecule has 2 nitrogen and oxygen atoms in total. The van der Waals surface area contributed by atoms with E-state index in [2.05, 4.69) is 77.8 Å². The lowest BCUT2D eigenvalue weighted by atomic mass is 9.79. The summed E-state index contributed by atoms with van der Waals surface area (Å²) in [6.07, 6.45) is 12.8. The Kier molecular flexibility index (Phi) is 4.38. The van der Waals surface area contributed by atoms with Gasteiger partial charge in [0.05, 0.1) is 0 Å². The minimum absolute atomic E-state index is 0.828. The zero-order chi connectivity index (χ0) is 24.3. The van der Waals surface area contributed by atoms with Gasteiger partial charge in [-0.15, -0.1) is 0 Å². The highest BCUT2D eigenvalue weighted by Crippen LogP contribution is 2.48. The molecule has 1 aromatic heterocycles. The molecule has 174 valence electrons. The largest absolute Gasteiger partial charge is 0.456 e. The summed E-state index contributed by atoms with van der Waals surface area (Å²) in [4.78, 5) is 4.57. The van der Waals surface area contributed by atoms with E-state index in [-0.39, 0.29) is 0 Å². The van der Waals surface area contributed by atoms with Crippen molar-refractivity contribution in [2.45, 2.75) is 12.8 Å². The van der Waals surface area contributed by atoms with Gasteiger partial charge in [0.15, 0.2) is 0 Å². The van der Waals surface area contributed by atoms with Crippen LogP contribution < -0.4 is 4.74 Å². The molecule has 0 amide bonds. The molecule has 0 atom stereocenters. The predicted octanol–water partition coefficient (Wildman–Crippen LogP) is 9.36. The number of ether oxygens (including phenoxy) is 1. The lowest BCUT2D eigenvalue weighted by Crippen LogP contribution is -2.04. The van der Waals surface area contributed by atoms with Gasteiger partial charge in [-0.2, -0.15) is 0 Å². The van der Waals surface area contributed by atoms with Crippen LogP contribution in [0, 0.1) is 0 Å². The maximum Gasteiger partial charge on any atom is 0.143 e. The zero-order valence-corrected chi connectivity index (χ0v) is 20.2. The second-order valence-corrected chi connectivity index (χ2v) is 9.85. The lowest BCUT2D eigenvalue weighted by Gasteiger charge is -2.25. The zero-order valence-electron chi connectivity index (χ0n) is 20.2. The van der Waals surface area contributed by atoms with Crippen LogP contribution in [0.15, 0.2) is 109 Å². The summed E-state index contributed by atoms with van der Waals surface area (Å²) in [6, 6.07) is 29.9. The summed E-state index contributed by atoms with van der Waals surface area (Å²) in [7, 11) is 0. The van der Waals surface area contributed by atoms with E-state index in [0.717, 1.165) is 40.5 Å². The van der Waals surface area contributed by atoms with Crippen molar-refractivity contribution in [3.05, 3.63) is 126 Å². The second kappa shape index (κ2) is 7.91. The van der Waals surface area contributed by atoms with Crippen LogP contribution in [-0.4, -0.2) is 4.98 Å². The summed E-state index contributed by atoms with van der Waals surface area (Å²) in [5, 5.41) is 7.16. The van der Waals surface area contributed by atoms with Gasteiger partial charge in [-0.3, -0.25) is 4.98 Å². The lowest BCUT2D eigenvalue weighted by molar-refractivity contribution is 0.494. The highest BCUT2D eigenvalue weighted by atomic mass is 16.5. The molecule has 1 heterocycles. The van der Waals surface area contributed by atoms with Crippen LogP contribution in [0.25, 0.3) is 55.1 Å². The number of pyridine rings is 1. The molecule has 2 aliphatic carbocycles. The Morgan fingerprint density at radius 2 is 1.49 bits per heavy atom. The topological polar surface area (TPSA) is 22.1 Å². The summed E-state index contributed by atoms with van der Waals surface area (Å²) in [5.41, 5.74) is 8.07. The highest BCUT2D eigenvalue weighted by molar-refractivity contribution is 6.21. The van der Waals surface area contributed by atoms with E-state index in [1.54, 1.807) is 0 Å². The van der Waals surface area contributed by atoms with Crippen molar-refractivity contribution in [3.8, 4) is 22.6 Å². The van der Waals surface area contributed by atoms with E-state index in [0.29, 0.717) is 0 Å². The van der Waals surface area contributed by atoms with Gasteiger partial charge in [0.1, 0.15) is 11.5 Å². The summed E-state index contributed by atoms with van der Waals surface area (Å²) < 4.78 is 6.56. The van der Waals surface area contributed by atoms with Crippen LogP contribution in [0.1, 0.15) is 23.1 Å². The maximum atomic E-state index is 6.56. The number of hydrogen-bond donors (Lipinski definition) is 0. The van der Waals surface area contributed by atoms with Crippen LogP contribution in [0.3, 0.4) is 0 Å². The quantitative estimate of drug-likeness (QED) is 0.239.